The lowest BCUT2D eigenvalue weighted by molar-refractivity contribution is -0.0855. The van der Waals surface area contributed by atoms with Gasteiger partial charge >= 0.3 is 0 Å². The van der Waals surface area contributed by atoms with Gasteiger partial charge in [-0.25, -0.2) is 18.7 Å². The third-order valence-corrected chi connectivity index (χ3v) is 10.9. The molecule has 0 radical (unpaired) electrons. The number of nitrogens with one attached hydrogen (secondary N) is 2. The molecular formula is C32H42F2N6O2S. The fourth-order valence-electron chi connectivity index (χ4n) is 6.88. The van der Waals surface area contributed by atoms with Crippen LogP contribution in [0.15, 0.2) is 41.5 Å². The molecule has 0 unspecified atom stereocenters. The number of hydrogen-bond acceptors (Lipinski definition) is 7. The summed E-state index contributed by atoms with van der Waals surface area (Å²) in [5.74, 6) is -1.79. The molecule has 6 heterocycles. The minimum Gasteiger partial charge on any atom is -0.363 e. The first-order valence-corrected chi connectivity index (χ1v) is 17.2. The molecular weight excluding hydrogens is 570 g/mol. The Morgan fingerprint density at radius 2 is 1.77 bits per heavy atom. The minimum atomic E-state index is -2.90. The number of alkyl halides is 2. The molecule has 232 valence electrons. The maximum Gasteiger partial charge on any atom is 0.276 e. The van der Waals surface area contributed by atoms with E-state index < -0.39 is 22.6 Å². The van der Waals surface area contributed by atoms with Crippen LogP contribution >= 0.6 is 0 Å². The van der Waals surface area contributed by atoms with Crippen LogP contribution in [0.3, 0.4) is 0 Å². The van der Waals surface area contributed by atoms with Crippen molar-refractivity contribution < 1.29 is 13.0 Å². The zero-order chi connectivity index (χ0) is 30.0. The van der Waals surface area contributed by atoms with Crippen molar-refractivity contribution in [1.29, 1.82) is 0 Å². The van der Waals surface area contributed by atoms with Crippen LogP contribution in [-0.2, 0) is 23.3 Å². The number of fused-ring (bicyclic) bond motifs is 9. The second kappa shape index (κ2) is 13.1. The lowest BCUT2D eigenvalue weighted by Crippen LogP contribution is -2.40. The van der Waals surface area contributed by atoms with E-state index in [-0.39, 0.29) is 23.1 Å². The van der Waals surface area contributed by atoms with Gasteiger partial charge in [-0.3, -0.25) is 13.6 Å². The fourth-order valence-corrected chi connectivity index (χ4v) is 8.18. The Labute approximate surface area is 254 Å². The maximum absolute atomic E-state index is 15.8. The Hall–Kier alpha value is -2.76. The van der Waals surface area contributed by atoms with E-state index in [1.807, 2.05) is 19.1 Å². The van der Waals surface area contributed by atoms with E-state index >= 15 is 8.78 Å². The lowest BCUT2D eigenvalue weighted by Gasteiger charge is -2.36. The lowest BCUT2D eigenvalue weighted by atomic mass is 9.85. The normalized spacial score (nSPS) is 28.7. The van der Waals surface area contributed by atoms with Crippen LogP contribution in [0, 0.1) is 5.92 Å². The second-order valence-corrected chi connectivity index (χ2v) is 14.0. The van der Waals surface area contributed by atoms with E-state index in [2.05, 4.69) is 25.5 Å². The van der Waals surface area contributed by atoms with Crippen molar-refractivity contribution in [2.75, 3.05) is 49.5 Å². The summed E-state index contributed by atoms with van der Waals surface area (Å²) in [4.78, 5) is 25.3. The van der Waals surface area contributed by atoms with Gasteiger partial charge in [-0.2, -0.15) is 0 Å². The van der Waals surface area contributed by atoms with Crippen LogP contribution in [0.1, 0.15) is 74.1 Å². The van der Waals surface area contributed by atoms with Crippen molar-refractivity contribution in [3.8, 4) is 0 Å². The zero-order valence-corrected chi connectivity index (χ0v) is 25.7. The van der Waals surface area contributed by atoms with Crippen molar-refractivity contribution in [1.82, 2.24) is 24.8 Å². The molecule has 0 amide bonds. The van der Waals surface area contributed by atoms with Crippen LogP contribution in [0.25, 0.3) is 11.0 Å². The first kappa shape index (κ1) is 30.3. The monoisotopic (exact) mass is 612 g/mol. The molecule has 1 atom stereocenters. The molecule has 8 nitrogen and oxygen atoms in total. The topological polar surface area (TPSA) is 92.1 Å². The number of pyridine rings is 1. The first-order chi connectivity index (χ1) is 20.8. The third-order valence-electron chi connectivity index (χ3n) is 9.55. The molecule has 4 aliphatic heterocycles. The molecule has 8 bridgehead atoms. The number of halogens is 2. The van der Waals surface area contributed by atoms with E-state index in [9.17, 15) is 9.00 Å². The molecule has 43 heavy (non-hydrogen) atoms. The van der Waals surface area contributed by atoms with Gasteiger partial charge in [0.2, 0.25) is 0 Å². The van der Waals surface area contributed by atoms with Crippen LogP contribution in [0.4, 0.5) is 14.6 Å². The molecule has 2 saturated heterocycles. The number of piperidine rings is 1. The number of aromatic nitrogens is 3. The highest BCUT2D eigenvalue weighted by atomic mass is 32.2. The van der Waals surface area contributed by atoms with Gasteiger partial charge < -0.3 is 15.5 Å². The van der Waals surface area contributed by atoms with Crippen molar-refractivity contribution in [2.45, 2.75) is 69.9 Å². The molecule has 7 rings (SSSR count). The second-order valence-electron chi connectivity index (χ2n) is 12.3. The summed E-state index contributed by atoms with van der Waals surface area (Å²) in [6.45, 7) is 6.18. The van der Waals surface area contributed by atoms with E-state index in [1.54, 1.807) is 22.8 Å². The highest BCUT2D eigenvalue weighted by Crippen LogP contribution is 2.42. The number of benzene rings is 1. The van der Waals surface area contributed by atoms with E-state index in [4.69, 9.17) is 0 Å². The standard InChI is InChI=1S/C32H42F2N6O2S/c1-22-24-5-4-6-26(19-24)32(33,34)25-7-14-39(15-8-25)13-3-2-11-35-12-16-40-30-28(29(38-22)36-21-37-30)20-27(31(40)41)23-9-17-43(42)18-10-23/h4-6,19-23,25,35H,2-3,7-18H2,1H3,(H,36,37,38)/t22-,23?,43?/m1/s1. The van der Waals surface area contributed by atoms with Crippen molar-refractivity contribution in [3.63, 3.8) is 0 Å². The Balaban J connectivity index is 1.38. The van der Waals surface area contributed by atoms with Crippen LogP contribution < -0.4 is 16.2 Å². The molecule has 11 heteroatoms. The van der Waals surface area contributed by atoms with Crippen LogP contribution in [-0.4, -0.2) is 67.9 Å². The highest BCUT2D eigenvalue weighted by Gasteiger charge is 2.42. The van der Waals surface area contributed by atoms with E-state index in [0.29, 0.717) is 80.4 Å². The van der Waals surface area contributed by atoms with Crippen molar-refractivity contribution >= 4 is 27.7 Å². The van der Waals surface area contributed by atoms with Gasteiger partial charge in [0.15, 0.2) is 0 Å². The molecule has 0 saturated carbocycles. The predicted molar refractivity (Wildman–Crippen MR) is 167 cm³/mol. The smallest absolute Gasteiger partial charge is 0.276 e. The number of anilines is 1. The van der Waals surface area contributed by atoms with Crippen LogP contribution in [0.5, 0.6) is 0 Å². The average molecular weight is 613 g/mol. The predicted octanol–water partition coefficient (Wildman–Crippen LogP) is 4.78. The summed E-state index contributed by atoms with van der Waals surface area (Å²) in [7, 11) is -0.835. The van der Waals surface area contributed by atoms with Crippen LogP contribution in [0.2, 0.25) is 0 Å². The van der Waals surface area contributed by atoms with E-state index in [0.717, 1.165) is 36.9 Å². The van der Waals surface area contributed by atoms with Crippen molar-refractivity contribution in [3.05, 3.63) is 63.7 Å². The summed E-state index contributed by atoms with van der Waals surface area (Å²) >= 11 is 0. The van der Waals surface area contributed by atoms with Gasteiger partial charge in [0.05, 0.1) is 5.39 Å². The first-order valence-electron chi connectivity index (χ1n) is 15.7. The maximum atomic E-state index is 15.8. The van der Waals surface area contributed by atoms with Gasteiger partial charge in [0, 0.05) is 58.5 Å². The summed E-state index contributed by atoms with van der Waals surface area (Å²) in [6.07, 6.45) is 5.83. The van der Waals surface area contributed by atoms with Gasteiger partial charge in [-0.05, 0) is 95.2 Å². The molecule has 0 spiro atoms. The van der Waals surface area contributed by atoms with Gasteiger partial charge in [0.25, 0.3) is 11.5 Å². The van der Waals surface area contributed by atoms with Crippen molar-refractivity contribution in [2.24, 2.45) is 5.92 Å². The molecule has 2 fully saturated rings. The highest BCUT2D eigenvalue weighted by molar-refractivity contribution is 7.85. The molecule has 1 aromatic carbocycles. The molecule has 4 aliphatic rings. The van der Waals surface area contributed by atoms with Gasteiger partial charge in [-0.15, -0.1) is 0 Å². The summed E-state index contributed by atoms with van der Waals surface area (Å²) in [5, 5.41) is 7.67. The number of nitrogens with zero attached hydrogens (tertiary/aromatic N) is 4. The molecule has 2 aromatic heterocycles. The van der Waals surface area contributed by atoms with Gasteiger partial charge in [-0.1, -0.05) is 18.2 Å². The summed E-state index contributed by atoms with van der Waals surface area (Å²) in [5.41, 5.74) is 2.02. The Morgan fingerprint density at radius 3 is 2.56 bits per heavy atom. The summed E-state index contributed by atoms with van der Waals surface area (Å²) < 4.78 is 45.4. The SMILES string of the molecule is C[C@H]1Nc2ncnc3c2cc(C2CCS(=O)CC2)c(=O)n3CCNCCCCN2CCC(CC2)C(F)(F)c2cccc1c2. The molecule has 2 N–H and O–H groups in total. The van der Waals surface area contributed by atoms with E-state index in [1.165, 1.54) is 6.33 Å². The minimum absolute atomic E-state index is 0.0260. The largest absolute Gasteiger partial charge is 0.363 e. The Bertz CT molecular complexity index is 1510. The Kier molecular flexibility index (Phi) is 9.21. The molecule has 0 aliphatic carbocycles. The summed E-state index contributed by atoms with van der Waals surface area (Å²) in [6, 6.07) is 8.36. The zero-order valence-electron chi connectivity index (χ0n) is 24.9. The number of rotatable bonds is 1. The average Bonchev–Trinajstić information content (AvgIpc) is 3.02. The third kappa shape index (κ3) is 6.54. The van der Waals surface area contributed by atoms with Gasteiger partial charge in [0.1, 0.15) is 17.8 Å². The quantitative estimate of drug-likeness (QED) is 0.409. The number of hydrogen-bond donors (Lipinski definition) is 2. The fraction of sp³-hybridized carbons (Fsp3) is 0.594. The molecule has 3 aromatic rings. The Morgan fingerprint density at radius 1 is 0.977 bits per heavy atom.